The van der Waals surface area contributed by atoms with Crippen molar-refractivity contribution in [2.45, 2.75) is 77.3 Å². The Hall–Kier alpha value is -1.92. The maximum Gasteiger partial charge on any atom is 0.241 e. The number of carbonyl (C=O) groups excluding carboxylic acids is 2. The van der Waals surface area contributed by atoms with Gasteiger partial charge in [0.15, 0.2) is 0 Å². The van der Waals surface area contributed by atoms with Gasteiger partial charge in [-0.3, -0.25) is 14.5 Å². The summed E-state index contributed by atoms with van der Waals surface area (Å²) in [5.41, 5.74) is 0.948. The summed E-state index contributed by atoms with van der Waals surface area (Å²) in [6.45, 7) is 11.8. The number of aliphatic hydroxyl groups is 1. The summed E-state index contributed by atoms with van der Waals surface area (Å²) in [5.74, 6) is -0.0380. The quantitative estimate of drug-likeness (QED) is 0.554. The Kier molecular flexibility index (Phi) is 7.83. The minimum atomic E-state index is -0.689. The minimum absolute atomic E-state index is 0.00970. The van der Waals surface area contributed by atoms with Gasteiger partial charge < -0.3 is 15.7 Å². The minimum Gasteiger partial charge on any atom is -0.396 e. The van der Waals surface area contributed by atoms with Crippen LogP contribution in [0.4, 0.5) is 5.69 Å². The van der Waals surface area contributed by atoms with E-state index in [9.17, 15) is 9.59 Å². The number of nitrogens with one attached hydrogen (secondary N) is 2. The van der Waals surface area contributed by atoms with Gasteiger partial charge in [0.2, 0.25) is 11.8 Å². The van der Waals surface area contributed by atoms with Crippen LogP contribution in [0.15, 0.2) is 24.3 Å². The molecule has 1 aromatic rings. The molecule has 6 nitrogen and oxygen atoms in total. The van der Waals surface area contributed by atoms with E-state index in [1.165, 1.54) is 0 Å². The highest BCUT2D eigenvalue weighted by molar-refractivity contribution is 5.95. The number of anilines is 1. The molecule has 0 aromatic heterocycles. The van der Waals surface area contributed by atoms with E-state index in [2.05, 4.69) is 36.3 Å². The van der Waals surface area contributed by atoms with Crippen LogP contribution in [0, 0.1) is 0 Å². The van der Waals surface area contributed by atoms with Crippen molar-refractivity contribution >= 4 is 17.5 Å². The van der Waals surface area contributed by atoms with E-state index in [0.717, 1.165) is 37.1 Å². The van der Waals surface area contributed by atoms with Crippen LogP contribution in [0.25, 0.3) is 0 Å². The zero-order chi connectivity index (χ0) is 21.7. The highest BCUT2D eigenvalue weighted by Gasteiger charge is 2.38. The molecule has 0 bridgehead atoms. The lowest BCUT2D eigenvalue weighted by molar-refractivity contribution is -0.125. The number of carbonyl (C=O) groups is 2. The summed E-state index contributed by atoms with van der Waals surface area (Å²) in [6, 6.07) is 7.41. The maximum atomic E-state index is 12.9. The summed E-state index contributed by atoms with van der Waals surface area (Å²) in [5, 5.41) is 14.8. The van der Waals surface area contributed by atoms with Crippen LogP contribution in [0.5, 0.6) is 0 Å². The lowest BCUT2D eigenvalue weighted by Crippen LogP contribution is -2.50. The van der Waals surface area contributed by atoms with E-state index in [1.54, 1.807) is 0 Å². The average molecular weight is 404 g/mol. The van der Waals surface area contributed by atoms with Gasteiger partial charge in [-0.25, -0.2) is 0 Å². The highest BCUT2D eigenvalue weighted by Crippen LogP contribution is 2.30. The zero-order valence-corrected chi connectivity index (χ0v) is 18.5. The Labute approximate surface area is 175 Å². The third-order valence-electron chi connectivity index (χ3n) is 6.26. The molecular formula is C23H37N3O3. The van der Waals surface area contributed by atoms with Crippen LogP contribution in [0.2, 0.25) is 0 Å². The predicted molar refractivity (Wildman–Crippen MR) is 117 cm³/mol. The number of amides is 2. The maximum absolute atomic E-state index is 12.9. The van der Waals surface area contributed by atoms with Gasteiger partial charge in [-0.05, 0) is 77.6 Å². The van der Waals surface area contributed by atoms with E-state index in [-0.39, 0.29) is 30.0 Å². The monoisotopic (exact) mass is 403 g/mol. The lowest BCUT2D eigenvalue weighted by Gasteiger charge is -2.38. The smallest absolute Gasteiger partial charge is 0.241 e. The van der Waals surface area contributed by atoms with Crippen molar-refractivity contribution in [1.82, 2.24) is 10.2 Å². The van der Waals surface area contributed by atoms with Gasteiger partial charge in [0, 0.05) is 24.4 Å². The fourth-order valence-corrected chi connectivity index (χ4v) is 3.80. The number of rotatable bonds is 9. The first-order valence-corrected chi connectivity index (χ1v) is 10.7. The molecule has 2 rings (SSSR count). The van der Waals surface area contributed by atoms with Gasteiger partial charge in [0.1, 0.15) is 0 Å². The van der Waals surface area contributed by atoms with Crippen molar-refractivity contribution in [3.8, 4) is 0 Å². The highest BCUT2D eigenvalue weighted by atomic mass is 16.3. The molecule has 1 aliphatic rings. The molecule has 2 amide bonds. The molecular weight excluding hydrogens is 366 g/mol. The molecule has 1 heterocycles. The van der Waals surface area contributed by atoms with Crippen molar-refractivity contribution < 1.29 is 14.7 Å². The topological polar surface area (TPSA) is 81.7 Å². The summed E-state index contributed by atoms with van der Waals surface area (Å²) in [4.78, 5) is 27.7. The molecule has 1 unspecified atom stereocenters. The molecule has 0 saturated carbocycles. The fraction of sp³-hybridized carbons (Fsp3) is 0.652. The SMILES string of the molecule is CCC(C)(C)N1CCCC1C(=O)Nc1ccc(C(C)(C)C(=O)NCCCO)cc1. The first-order valence-electron chi connectivity index (χ1n) is 10.7. The molecule has 6 heteroatoms. The molecule has 1 saturated heterocycles. The van der Waals surface area contributed by atoms with Gasteiger partial charge in [-0.1, -0.05) is 19.1 Å². The summed E-state index contributed by atoms with van der Waals surface area (Å²) in [6.07, 6.45) is 3.47. The molecule has 0 radical (unpaired) electrons. The van der Waals surface area contributed by atoms with Crippen molar-refractivity contribution in [3.05, 3.63) is 29.8 Å². The predicted octanol–water partition coefficient (Wildman–Crippen LogP) is 3.05. The van der Waals surface area contributed by atoms with Gasteiger partial charge in [0.25, 0.3) is 0 Å². The van der Waals surface area contributed by atoms with Crippen LogP contribution in [0.1, 0.15) is 65.9 Å². The second kappa shape index (κ2) is 9.72. The Morgan fingerprint density at radius 2 is 1.83 bits per heavy atom. The van der Waals surface area contributed by atoms with Crippen LogP contribution < -0.4 is 10.6 Å². The summed E-state index contributed by atoms with van der Waals surface area (Å²) < 4.78 is 0. The number of nitrogens with zero attached hydrogens (tertiary/aromatic N) is 1. The first kappa shape index (κ1) is 23.4. The first-order chi connectivity index (χ1) is 13.6. The van der Waals surface area contributed by atoms with E-state index >= 15 is 0 Å². The van der Waals surface area contributed by atoms with Crippen LogP contribution in [-0.2, 0) is 15.0 Å². The van der Waals surface area contributed by atoms with Gasteiger partial charge >= 0.3 is 0 Å². The van der Waals surface area contributed by atoms with Gasteiger partial charge in [-0.15, -0.1) is 0 Å². The molecule has 29 heavy (non-hydrogen) atoms. The number of likely N-dealkylation sites (tertiary alicyclic amines) is 1. The van der Waals surface area contributed by atoms with Crippen molar-refractivity contribution in [2.24, 2.45) is 0 Å². The van der Waals surface area contributed by atoms with Crippen molar-refractivity contribution in [3.63, 3.8) is 0 Å². The zero-order valence-electron chi connectivity index (χ0n) is 18.5. The Morgan fingerprint density at radius 1 is 1.17 bits per heavy atom. The van der Waals surface area contributed by atoms with E-state index in [4.69, 9.17) is 5.11 Å². The van der Waals surface area contributed by atoms with Crippen molar-refractivity contribution in [1.29, 1.82) is 0 Å². The summed E-state index contributed by atoms with van der Waals surface area (Å²) in [7, 11) is 0. The third-order valence-corrected chi connectivity index (χ3v) is 6.26. The fourth-order valence-electron chi connectivity index (χ4n) is 3.80. The van der Waals surface area contributed by atoms with Gasteiger partial charge in [0.05, 0.1) is 11.5 Å². The Bertz CT molecular complexity index is 698. The molecule has 0 spiro atoms. The molecule has 1 aromatic carbocycles. The van der Waals surface area contributed by atoms with Crippen LogP contribution >= 0.6 is 0 Å². The van der Waals surface area contributed by atoms with E-state index in [0.29, 0.717) is 13.0 Å². The Morgan fingerprint density at radius 3 is 2.41 bits per heavy atom. The standard InChI is InChI=1S/C23H37N3O3/c1-6-22(2,3)26-15-7-9-19(26)20(28)25-18-12-10-17(11-13-18)23(4,5)21(29)24-14-8-16-27/h10-13,19,27H,6-9,14-16H2,1-5H3,(H,24,29)(H,25,28). The molecule has 1 aliphatic heterocycles. The number of hydrogen-bond donors (Lipinski definition) is 3. The lowest BCUT2D eigenvalue weighted by atomic mass is 9.83. The number of hydrogen-bond acceptors (Lipinski definition) is 4. The van der Waals surface area contributed by atoms with E-state index < -0.39 is 5.41 Å². The average Bonchev–Trinajstić information content (AvgIpc) is 3.19. The second-order valence-corrected chi connectivity index (χ2v) is 9.04. The Balaban J connectivity index is 2.03. The molecule has 3 N–H and O–H groups in total. The molecule has 162 valence electrons. The normalized spacial score (nSPS) is 17.9. The van der Waals surface area contributed by atoms with Crippen LogP contribution in [0.3, 0.4) is 0 Å². The molecule has 1 fully saturated rings. The van der Waals surface area contributed by atoms with Crippen molar-refractivity contribution in [2.75, 3.05) is 25.0 Å². The van der Waals surface area contributed by atoms with E-state index in [1.807, 2.05) is 38.1 Å². The van der Waals surface area contributed by atoms with Gasteiger partial charge in [-0.2, -0.15) is 0 Å². The third kappa shape index (κ3) is 5.58. The number of benzene rings is 1. The molecule has 1 atom stereocenters. The summed E-state index contributed by atoms with van der Waals surface area (Å²) >= 11 is 0. The number of aliphatic hydroxyl groups excluding tert-OH is 1. The van der Waals surface area contributed by atoms with Crippen LogP contribution in [-0.4, -0.2) is 53.1 Å². The largest absolute Gasteiger partial charge is 0.396 e. The second-order valence-electron chi connectivity index (χ2n) is 9.04. The molecule has 0 aliphatic carbocycles.